The number of thioether (sulfide) groups is 1. The van der Waals surface area contributed by atoms with Crippen LogP contribution in [0.2, 0.25) is 0 Å². The Hall–Kier alpha value is -0.580. The van der Waals surface area contributed by atoms with Gasteiger partial charge in [0.2, 0.25) is 0 Å². The molecule has 0 amide bonds. The second-order valence-corrected chi connectivity index (χ2v) is 6.17. The van der Waals surface area contributed by atoms with E-state index in [4.69, 9.17) is 5.11 Å². The Morgan fingerprint density at radius 3 is 2.53 bits per heavy atom. The summed E-state index contributed by atoms with van der Waals surface area (Å²) in [6, 6.07) is 7.42. The zero-order valence-corrected chi connectivity index (χ0v) is 12.0. The zero-order chi connectivity index (χ0) is 13.5. The molecule has 19 heavy (non-hydrogen) atoms. The number of rotatable bonds is 8. The number of hydrogen-bond donors (Lipinski definition) is 1. The molecule has 2 nitrogen and oxygen atoms in total. The Bertz CT molecular complexity index is 367. The molecule has 0 aromatic heterocycles. The van der Waals surface area contributed by atoms with Crippen LogP contribution in [-0.4, -0.2) is 41.5 Å². The summed E-state index contributed by atoms with van der Waals surface area (Å²) >= 11 is 1.77. The quantitative estimate of drug-likeness (QED) is 0.741. The number of halogens is 1. The van der Waals surface area contributed by atoms with E-state index in [1.807, 2.05) is 12.1 Å². The highest BCUT2D eigenvalue weighted by molar-refractivity contribution is 7.99. The van der Waals surface area contributed by atoms with Crippen LogP contribution in [0, 0.1) is 5.82 Å². The Balaban J connectivity index is 1.73. The molecule has 1 aromatic rings. The standard InChI is InChI=1S/C15H22FNOS/c16-13-5-7-15(8-6-13)19-12-10-17(9-2-11-18)14-3-1-4-14/h5-8,14,18H,1-4,9-12H2. The first-order valence-corrected chi connectivity index (χ1v) is 8.01. The lowest BCUT2D eigenvalue weighted by Gasteiger charge is -2.37. The van der Waals surface area contributed by atoms with Gasteiger partial charge in [0.1, 0.15) is 5.82 Å². The van der Waals surface area contributed by atoms with Gasteiger partial charge in [-0.1, -0.05) is 6.42 Å². The minimum Gasteiger partial charge on any atom is -0.396 e. The summed E-state index contributed by atoms with van der Waals surface area (Å²) in [5.41, 5.74) is 0. The lowest BCUT2D eigenvalue weighted by molar-refractivity contribution is 0.124. The smallest absolute Gasteiger partial charge is 0.123 e. The number of nitrogens with zero attached hydrogens (tertiary/aromatic N) is 1. The van der Waals surface area contributed by atoms with Gasteiger partial charge in [-0.3, -0.25) is 4.90 Å². The van der Waals surface area contributed by atoms with Crippen molar-refractivity contribution < 1.29 is 9.50 Å². The maximum absolute atomic E-state index is 12.8. The van der Waals surface area contributed by atoms with Gasteiger partial charge in [0.05, 0.1) is 0 Å². The van der Waals surface area contributed by atoms with Gasteiger partial charge < -0.3 is 5.11 Å². The second-order valence-electron chi connectivity index (χ2n) is 5.00. The molecule has 1 fully saturated rings. The fourth-order valence-electron chi connectivity index (χ4n) is 2.31. The monoisotopic (exact) mass is 283 g/mol. The lowest BCUT2D eigenvalue weighted by Crippen LogP contribution is -2.42. The van der Waals surface area contributed by atoms with Crippen molar-refractivity contribution in [1.82, 2.24) is 4.90 Å². The van der Waals surface area contributed by atoms with Crippen molar-refractivity contribution in [3.8, 4) is 0 Å². The summed E-state index contributed by atoms with van der Waals surface area (Å²) in [5, 5.41) is 8.95. The predicted molar refractivity (Wildman–Crippen MR) is 78.0 cm³/mol. The van der Waals surface area contributed by atoms with Gasteiger partial charge in [-0.2, -0.15) is 0 Å². The van der Waals surface area contributed by atoms with Crippen LogP contribution in [0.3, 0.4) is 0 Å². The third kappa shape index (κ3) is 4.79. The summed E-state index contributed by atoms with van der Waals surface area (Å²) in [4.78, 5) is 3.62. The molecular formula is C15H22FNOS. The fourth-order valence-corrected chi connectivity index (χ4v) is 3.20. The molecule has 0 spiro atoms. The van der Waals surface area contributed by atoms with Crippen LogP contribution in [0.25, 0.3) is 0 Å². The van der Waals surface area contributed by atoms with Crippen LogP contribution in [0.15, 0.2) is 29.2 Å². The van der Waals surface area contributed by atoms with Gasteiger partial charge in [-0.05, 0) is 43.5 Å². The Morgan fingerprint density at radius 1 is 1.21 bits per heavy atom. The molecule has 106 valence electrons. The third-order valence-corrected chi connectivity index (χ3v) is 4.65. The van der Waals surface area contributed by atoms with Crippen LogP contribution in [0.5, 0.6) is 0 Å². The summed E-state index contributed by atoms with van der Waals surface area (Å²) in [6.45, 7) is 2.31. The SMILES string of the molecule is OCCCN(CCSc1ccc(F)cc1)C1CCC1. The molecule has 1 aromatic carbocycles. The number of aliphatic hydroxyl groups excluding tert-OH is 1. The highest BCUT2D eigenvalue weighted by atomic mass is 32.2. The molecule has 1 N–H and O–H groups in total. The molecule has 2 rings (SSSR count). The Kier molecular flexibility index (Phi) is 6.14. The van der Waals surface area contributed by atoms with Gasteiger partial charge in [0, 0.05) is 36.4 Å². The maximum atomic E-state index is 12.8. The van der Waals surface area contributed by atoms with Crippen LogP contribution in [-0.2, 0) is 0 Å². The first-order valence-electron chi connectivity index (χ1n) is 7.03. The molecule has 4 heteroatoms. The Morgan fingerprint density at radius 2 is 1.95 bits per heavy atom. The molecule has 1 aliphatic carbocycles. The number of benzene rings is 1. The van der Waals surface area contributed by atoms with E-state index in [0.29, 0.717) is 0 Å². The van der Waals surface area contributed by atoms with Crippen LogP contribution < -0.4 is 0 Å². The molecule has 1 aliphatic rings. The number of hydrogen-bond acceptors (Lipinski definition) is 3. The average Bonchev–Trinajstić information content (AvgIpc) is 2.36. The first kappa shape index (κ1) is 14.8. The van der Waals surface area contributed by atoms with Crippen molar-refractivity contribution in [2.24, 2.45) is 0 Å². The van der Waals surface area contributed by atoms with Gasteiger partial charge in [0.25, 0.3) is 0 Å². The van der Waals surface area contributed by atoms with Gasteiger partial charge >= 0.3 is 0 Å². The summed E-state index contributed by atoms with van der Waals surface area (Å²) in [5.74, 6) is 0.844. The fraction of sp³-hybridized carbons (Fsp3) is 0.600. The van der Waals surface area contributed by atoms with Crippen molar-refractivity contribution in [2.45, 2.75) is 36.6 Å². The Labute approximate surface area is 119 Å². The van der Waals surface area contributed by atoms with Gasteiger partial charge in [-0.25, -0.2) is 4.39 Å². The minimum absolute atomic E-state index is 0.177. The molecule has 0 atom stereocenters. The van der Waals surface area contributed by atoms with Crippen LogP contribution in [0.1, 0.15) is 25.7 Å². The molecular weight excluding hydrogens is 261 g/mol. The average molecular weight is 283 g/mol. The van der Waals surface area contributed by atoms with E-state index in [1.165, 1.54) is 31.4 Å². The summed E-state index contributed by atoms with van der Waals surface area (Å²) in [6.07, 6.45) is 4.79. The van der Waals surface area contributed by atoms with Crippen LogP contribution in [0.4, 0.5) is 4.39 Å². The molecule has 0 aliphatic heterocycles. The van der Waals surface area contributed by atoms with Gasteiger partial charge in [0.15, 0.2) is 0 Å². The normalized spacial score (nSPS) is 15.7. The van der Waals surface area contributed by atoms with Crippen molar-refractivity contribution in [3.05, 3.63) is 30.1 Å². The molecule has 1 saturated carbocycles. The van der Waals surface area contributed by atoms with E-state index in [1.54, 1.807) is 11.8 Å². The van der Waals surface area contributed by atoms with E-state index in [2.05, 4.69) is 4.90 Å². The zero-order valence-electron chi connectivity index (χ0n) is 11.2. The van der Waals surface area contributed by atoms with E-state index in [0.717, 1.165) is 36.2 Å². The van der Waals surface area contributed by atoms with E-state index < -0.39 is 0 Å². The third-order valence-electron chi connectivity index (χ3n) is 3.66. The van der Waals surface area contributed by atoms with Crippen molar-refractivity contribution >= 4 is 11.8 Å². The lowest BCUT2D eigenvalue weighted by atomic mass is 9.91. The topological polar surface area (TPSA) is 23.5 Å². The minimum atomic E-state index is -0.177. The largest absolute Gasteiger partial charge is 0.396 e. The maximum Gasteiger partial charge on any atom is 0.123 e. The number of aliphatic hydroxyl groups is 1. The van der Waals surface area contributed by atoms with Crippen molar-refractivity contribution in [3.63, 3.8) is 0 Å². The van der Waals surface area contributed by atoms with Crippen molar-refractivity contribution in [1.29, 1.82) is 0 Å². The van der Waals surface area contributed by atoms with Crippen LogP contribution >= 0.6 is 11.8 Å². The van der Waals surface area contributed by atoms with E-state index >= 15 is 0 Å². The molecule has 0 heterocycles. The van der Waals surface area contributed by atoms with Gasteiger partial charge in [-0.15, -0.1) is 11.8 Å². The molecule has 0 radical (unpaired) electrons. The van der Waals surface area contributed by atoms with E-state index in [9.17, 15) is 4.39 Å². The van der Waals surface area contributed by atoms with Crippen molar-refractivity contribution in [2.75, 3.05) is 25.4 Å². The first-order chi connectivity index (χ1) is 9.29. The second kappa shape index (κ2) is 7.88. The molecule has 0 unspecified atom stereocenters. The molecule has 0 saturated heterocycles. The predicted octanol–water partition coefficient (Wildman–Crippen LogP) is 3.15. The molecule has 0 bridgehead atoms. The highest BCUT2D eigenvalue weighted by Gasteiger charge is 2.23. The highest BCUT2D eigenvalue weighted by Crippen LogP contribution is 2.26. The summed E-state index contributed by atoms with van der Waals surface area (Å²) < 4.78 is 12.8. The van der Waals surface area contributed by atoms with E-state index in [-0.39, 0.29) is 12.4 Å². The summed E-state index contributed by atoms with van der Waals surface area (Å²) in [7, 11) is 0.